The molecule has 2 aliphatic heterocycles. The van der Waals surface area contributed by atoms with Gasteiger partial charge in [0.2, 0.25) is 15.9 Å². The molecule has 0 fully saturated rings. The van der Waals surface area contributed by atoms with Gasteiger partial charge in [-0.15, -0.1) is 0 Å². The van der Waals surface area contributed by atoms with Gasteiger partial charge in [-0.05, 0) is 82.9 Å². The highest BCUT2D eigenvalue weighted by molar-refractivity contribution is 7.89. The van der Waals surface area contributed by atoms with Crippen molar-refractivity contribution >= 4 is 109 Å². The molecule has 5 unspecified atom stereocenters. The van der Waals surface area contributed by atoms with Crippen LogP contribution in [0, 0.1) is 17.6 Å². The van der Waals surface area contributed by atoms with Crippen LogP contribution in [0.25, 0.3) is 0 Å². The molecule has 19 heteroatoms. The molecule has 7 rings (SSSR count). The highest BCUT2D eigenvalue weighted by Gasteiger charge is 2.51. The van der Waals surface area contributed by atoms with E-state index in [0.29, 0.717) is 27.7 Å². The minimum absolute atomic E-state index is 0.00431. The van der Waals surface area contributed by atoms with Crippen LogP contribution in [-0.4, -0.2) is 30.1 Å². The molecule has 2 aliphatic rings. The second-order valence-corrected chi connectivity index (χ2v) is 18.1. The maximum atomic E-state index is 15.7. The van der Waals surface area contributed by atoms with E-state index in [4.69, 9.17) is 86.9 Å². The van der Waals surface area contributed by atoms with Crippen molar-refractivity contribution in [2.75, 3.05) is 0 Å². The largest absolute Gasteiger partial charge is 0.369 e. The highest BCUT2D eigenvalue weighted by atomic mass is 35.5. The van der Waals surface area contributed by atoms with Crippen LogP contribution >= 0.6 is 81.2 Å². The maximum Gasteiger partial charge on any atom is 0.246 e. The van der Waals surface area contributed by atoms with E-state index in [2.05, 4.69) is 21.1 Å². The second kappa shape index (κ2) is 17.1. The van der Waals surface area contributed by atoms with E-state index in [1.807, 2.05) is 0 Å². The number of benzene rings is 5. The van der Waals surface area contributed by atoms with E-state index in [1.54, 1.807) is 48.5 Å². The third-order valence-electron chi connectivity index (χ3n) is 9.72. The van der Waals surface area contributed by atoms with E-state index in [-0.39, 0.29) is 49.1 Å². The number of hydrazone groups is 2. The van der Waals surface area contributed by atoms with Crippen LogP contribution in [-0.2, 0) is 14.8 Å². The SMILES string of the molecule is NC(=O)C1C(C(c2ccc(Cl)cc2Cl)N(C(C2=NNC(c3ccc(Cl)cc3)C2)c2ccc(Cl)cc2Cl)S(=O)(=O)c2cc(F)c(F)cc2Cl)=NNC1c1ccc(Cl)cc1. The molecule has 5 aromatic carbocycles. The lowest BCUT2D eigenvalue weighted by molar-refractivity contribution is -0.120. The average Bonchev–Trinajstić information content (AvgIpc) is 3.83. The third kappa shape index (κ3) is 8.37. The summed E-state index contributed by atoms with van der Waals surface area (Å²) in [7, 11) is -5.21. The molecular weight excluding hydrogens is 919 g/mol. The fourth-order valence-electron chi connectivity index (χ4n) is 7.04. The predicted molar refractivity (Wildman–Crippen MR) is 226 cm³/mol. The molecule has 0 bridgehead atoms. The van der Waals surface area contributed by atoms with Crippen LogP contribution in [0.2, 0.25) is 35.2 Å². The summed E-state index contributed by atoms with van der Waals surface area (Å²) < 4.78 is 62.1. The van der Waals surface area contributed by atoms with Gasteiger partial charge in [-0.3, -0.25) is 4.79 Å². The lowest BCUT2D eigenvalue weighted by Gasteiger charge is -2.39. The predicted octanol–water partition coefficient (Wildman–Crippen LogP) is 10.9. The van der Waals surface area contributed by atoms with E-state index >= 15 is 12.8 Å². The van der Waals surface area contributed by atoms with Crippen LogP contribution in [0.5, 0.6) is 0 Å². The summed E-state index contributed by atoms with van der Waals surface area (Å²) in [5.74, 6) is -5.16. The Morgan fingerprint density at radius 2 is 1.19 bits per heavy atom. The zero-order valence-electron chi connectivity index (χ0n) is 29.3. The summed E-state index contributed by atoms with van der Waals surface area (Å²) in [5, 5.41) is 9.86. The number of nitrogens with two attached hydrogens (primary N) is 1. The van der Waals surface area contributed by atoms with Gasteiger partial charge in [-0.25, -0.2) is 17.2 Å². The molecular formula is C39H27Cl7F2N6O3S. The monoisotopic (exact) mass is 942 g/mol. The normalized spacial score (nSPS) is 19.0. The van der Waals surface area contributed by atoms with Crippen LogP contribution in [0.15, 0.2) is 112 Å². The molecule has 0 saturated carbocycles. The number of halogens is 9. The van der Waals surface area contributed by atoms with Gasteiger partial charge in [0.15, 0.2) is 11.6 Å². The van der Waals surface area contributed by atoms with Crippen molar-refractivity contribution in [2.45, 2.75) is 35.5 Å². The van der Waals surface area contributed by atoms with Gasteiger partial charge in [0, 0.05) is 36.6 Å². The van der Waals surface area contributed by atoms with Crippen molar-refractivity contribution in [3.05, 3.63) is 166 Å². The van der Waals surface area contributed by atoms with Crippen molar-refractivity contribution in [2.24, 2.45) is 21.9 Å². The molecule has 5 atom stereocenters. The molecule has 0 aliphatic carbocycles. The Labute approximate surface area is 366 Å². The Bertz CT molecular complexity index is 2600. The number of hydrogen-bond donors (Lipinski definition) is 3. The molecule has 4 N–H and O–H groups in total. The zero-order valence-corrected chi connectivity index (χ0v) is 35.4. The van der Waals surface area contributed by atoms with Gasteiger partial charge in [0.1, 0.15) is 10.8 Å². The molecule has 9 nitrogen and oxygen atoms in total. The highest BCUT2D eigenvalue weighted by Crippen LogP contribution is 2.48. The Kier molecular flexibility index (Phi) is 12.5. The van der Waals surface area contributed by atoms with E-state index in [0.717, 1.165) is 9.87 Å². The number of primary amides is 1. The maximum absolute atomic E-state index is 15.7. The van der Waals surface area contributed by atoms with Crippen LogP contribution in [0.3, 0.4) is 0 Å². The van der Waals surface area contributed by atoms with Crippen molar-refractivity contribution in [1.29, 1.82) is 0 Å². The molecule has 5 aromatic rings. The molecule has 2 heterocycles. The van der Waals surface area contributed by atoms with Gasteiger partial charge < -0.3 is 16.6 Å². The second-order valence-electron chi connectivity index (χ2n) is 13.3. The number of amides is 1. The average molecular weight is 946 g/mol. The van der Waals surface area contributed by atoms with Crippen LogP contribution in [0.4, 0.5) is 8.78 Å². The van der Waals surface area contributed by atoms with Crippen molar-refractivity contribution < 1.29 is 22.0 Å². The summed E-state index contributed by atoms with van der Waals surface area (Å²) in [6.07, 6.45) is 0.0707. The topological polar surface area (TPSA) is 129 Å². The van der Waals surface area contributed by atoms with Gasteiger partial charge in [-0.1, -0.05) is 118 Å². The van der Waals surface area contributed by atoms with Gasteiger partial charge >= 0.3 is 0 Å². The Morgan fingerprint density at radius 3 is 1.74 bits per heavy atom. The van der Waals surface area contributed by atoms with Gasteiger partial charge in [0.25, 0.3) is 0 Å². The number of carbonyl (C=O) groups is 1. The minimum Gasteiger partial charge on any atom is -0.369 e. The number of carbonyl (C=O) groups excluding carboxylic acids is 1. The summed E-state index contributed by atoms with van der Waals surface area (Å²) in [4.78, 5) is 12.9. The van der Waals surface area contributed by atoms with Gasteiger partial charge in [0.05, 0.1) is 40.6 Å². The smallest absolute Gasteiger partial charge is 0.246 e. The van der Waals surface area contributed by atoms with Crippen LogP contribution in [0.1, 0.15) is 52.8 Å². The minimum atomic E-state index is -5.21. The summed E-state index contributed by atoms with van der Waals surface area (Å²) in [6.45, 7) is 0. The molecule has 0 aromatic heterocycles. The summed E-state index contributed by atoms with van der Waals surface area (Å²) in [5.41, 5.74) is 13.7. The Morgan fingerprint density at radius 1 is 0.672 bits per heavy atom. The van der Waals surface area contributed by atoms with Crippen LogP contribution < -0.4 is 16.6 Å². The molecule has 1 amide bonds. The van der Waals surface area contributed by atoms with Crippen molar-refractivity contribution in [1.82, 2.24) is 15.2 Å². The Balaban J connectivity index is 1.54. The number of nitrogens with one attached hydrogen (secondary N) is 2. The fraction of sp³-hybridized carbons (Fsp3) is 0.154. The standard InChI is InChI=1S/C39H27Cl7F2N6O3S/c40-20-5-1-18(2-6-20)31-17-32(51-50-31)37(24-11-9-22(42)13-26(24)44)54(58(56,57)33-16-30(48)29(47)15-28(33)46)38(25-12-10-23(43)14-27(25)45)36-34(39(49)55)35(52-53-36)19-3-7-21(41)8-4-19/h1-16,31,34-35,37-38,50,52H,17H2,(H2,49,55). The van der Waals surface area contributed by atoms with E-state index in [1.165, 1.54) is 36.4 Å². The van der Waals surface area contributed by atoms with Gasteiger partial charge in [-0.2, -0.15) is 14.5 Å². The molecule has 0 spiro atoms. The zero-order chi connectivity index (χ0) is 41.6. The Hall–Kier alpha value is -3.69. The lowest BCUT2D eigenvalue weighted by atomic mass is 9.84. The van der Waals surface area contributed by atoms with Crippen molar-refractivity contribution in [3.8, 4) is 0 Å². The summed E-state index contributed by atoms with van der Waals surface area (Å²) >= 11 is 45.5. The van der Waals surface area contributed by atoms with E-state index in [9.17, 15) is 9.18 Å². The third-order valence-corrected chi connectivity index (χ3v) is 13.6. The molecule has 0 saturated heterocycles. The lowest BCUT2D eigenvalue weighted by Crippen LogP contribution is -2.47. The number of sulfonamides is 1. The fourth-order valence-corrected chi connectivity index (χ4v) is 10.6. The quantitative estimate of drug-likeness (QED) is 0.114. The first-order valence-corrected chi connectivity index (χ1v) is 21.2. The first-order valence-electron chi connectivity index (χ1n) is 17.1. The number of nitrogens with zero attached hydrogens (tertiary/aromatic N) is 3. The molecule has 58 heavy (non-hydrogen) atoms. The summed E-state index contributed by atoms with van der Waals surface area (Å²) in [6, 6.07) is 18.5. The number of rotatable bonds is 11. The molecule has 300 valence electrons. The van der Waals surface area contributed by atoms with Crippen molar-refractivity contribution in [3.63, 3.8) is 0 Å². The number of hydrogen-bond acceptors (Lipinski definition) is 7. The first-order chi connectivity index (χ1) is 27.5. The van der Waals surface area contributed by atoms with E-state index < -0.39 is 67.6 Å². The molecule has 0 radical (unpaired) electrons. The first kappa shape index (κ1) is 42.4.